The number of hydrogen-bond donors (Lipinski definition) is 0. The zero-order chi connectivity index (χ0) is 16.7. The zero-order valence-electron chi connectivity index (χ0n) is 14.5. The Morgan fingerprint density at radius 1 is 1.21 bits per heavy atom. The summed E-state index contributed by atoms with van der Waals surface area (Å²) in [6, 6.07) is 2.73. The lowest BCUT2D eigenvalue weighted by Gasteiger charge is -2.44. The number of carbonyl (C=O) groups excluding carboxylic acids is 1. The van der Waals surface area contributed by atoms with Crippen molar-refractivity contribution in [2.75, 3.05) is 26.2 Å². The van der Waals surface area contributed by atoms with Gasteiger partial charge in [-0.2, -0.15) is 5.10 Å². The minimum atomic E-state index is 0.104. The van der Waals surface area contributed by atoms with Crippen LogP contribution >= 0.6 is 0 Å². The number of aromatic nitrogens is 3. The Morgan fingerprint density at radius 3 is 2.92 bits per heavy atom. The van der Waals surface area contributed by atoms with Crippen molar-refractivity contribution in [3.05, 3.63) is 24.0 Å². The molecular formula is C18H25N5O. The van der Waals surface area contributed by atoms with Gasteiger partial charge in [-0.05, 0) is 39.3 Å². The van der Waals surface area contributed by atoms with E-state index in [4.69, 9.17) is 0 Å². The minimum absolute atomic E-state index is 0.104. The Kier molecular flexibility index (Phi) is 4.00. The Hall–Kier alpha value is -1.95. The van der Waals surface area contributed by atoms with Crippen LogP contribution in [0.1, 0.15) is 49.5 Å². The molecule has 2 aromatic heterocycles. The normalized spacial score (nSPS) is 22.1. The van der Waals surface area contributed by atoms with E-state index in [1.54, 1.807) is 12.4 Å². The van der Waals surface area contributed by atoms with Gasteiger partial charge in [0.25, 0.3) is 5.91 Å². The van der Waals surface area contributed by atoms with Gasteiger partial charge < -0.3 is 4.90 Å². The van der Waals surface area contributed by atoms with E-state index in [0.717, 1.165) is 30.7 Å². The maximum absolute atomic E-state index is 12.9. The summed E-state index contributed by atoms with van der Waals surface area (Å²) in [7, 11) is 0. The Bertz CT molecular complexity index is 753. The summed E-state index contributed by atoms with van der Waals surface area (Å²) in [5, 5.41) is 5.32. The molecule has 0 radical (unpaired) electrons. The third kappa shape index (κ3) is 2.69. The molecule has 1 atom stereocenters. The Labute approximate surface area is 142 Å². The Balaban J connectivity index is 1.55. The number of pyridine rings is 1. The number of fused-ring (bicyclic) bond motifs is 2. The van der Waals surface area contributed by atoms with Gasteiger partial charge in [-0.3, -0.25) is 9.69 Å². The summed E-state index contributed by atoms with van der Waals surface area (Å²) in [5.41, 5.74) is 1.52. The number of piperazine rings is 1. The number of piperidine rings is 1. The molecule has 4 heterocycles. The number of rotatable bonds is 2. The second kappa shape index (κ2) is 6.16. The topological polar surface area (TPSA) is 54.3 Å². The van der Waals surface area contributed by atoms with Crippen molar-refractivity contribution in [1.29, 1.82) is 0 Å². The molecule has 6 heteroatoms. The van der Waals surface area contributed by atoms with Crippen molar-refractivity contribution >= 4 is 16.9 Å². The first-order valence-electron chi connectivity index (χ1n) is 9.00. The van der Waals surface area contributed by atoms with E-state index < -0.39 is 0 Å². The molecule has 6 nitrogen and oxygen atoms in total. The molecule has 0 aromatic carbocycles. The van der Waals surface area contributed by atoms with Crippen molar-refractivity contribution in [3.8, 4) is 0 Å². The molecule has 2 aliphatic heterocycles. The van der Waals surface area contributed by atoms with E-state index in [1.807, 2.05) is 15.6 Å². The second-order valence-electron chi connectivity index (χ2n) is 7.26. The summed E-state index contributed by atoms with van der Waals surface area (Å²) in [5.74, 6) is 0.104. The third-order valence-corrected chi connectivity index (χ3v) is 5.29. The number of nitrogens with zero attached hydrogens (tertiary/aromatic N) is 5. The average Bonchev–Trinajstić information content (AvgIpc) is 3.04. The van der Waals surface area contributed by atoms with Gasteiger partial charge in [0.2, 0.25) is 0 Å². The molecule has 0 spiro atoms. The fourth-order valence-corrected chi connectivity index (χ4v) is 3.96. The van der Waals surface area contributed by atoms with E-state index in [9.17, 15) is 4.79 Å². The molecule has 0 aliphatic carbocycles. The quantitative estimate of drug-likeness (QED) is 0.849. The van der Waals surface area contributed by atoms with Gasteiger partial charge in [0.15, 0.2) is 5.65 Å². The van der Waals surface area contributed by atoms with Crippen LogP contribution in [-0.2, 0) is 0 Å². The highest BCUT2D eigenvalue weighted by Gasteiger charge is 2.31. The van der Waals surface area contributed by atoms with Crippen LogP contribution in [0.2, 0.25) is 0 Å². The summed E-state index contributed by atoms with van der Waals surface area (Å²) >= 11 is 0. The molecule has 0 saturated carbocycles. The lowest BCUT2D eigenvalue weighted by atomic mass is 9.99. The number of amides is 1. The first-order valence-corrected chi connectivity index (χ1v) is 9.00. The molecular weight excluding hydrogens is 302 g/mol. The van der Waals surface area contributed by atoms with Crippen LogP contribution in [0, 0.1) is 0 Å². The van der Waals surface area contributed by atoms with E-state index >= 15 is 0 Å². The van der Waals surface area contributed by atoms with Gasteiger partial charge in [0.05, 0.1) is 11.8 Å². The molecule has 2 aromatic rings. The highest BCUT2D eigenvalue weighted by atomic mass is 16.2. The summed E-state index contributed by atoms with van der Waals surface area (Å²) in [4.78, 5) is 21.9. The fraction of sp³-hybridized carbons (Fsp3) is 0.611. The van der Waals surface area contributed by atoms with Gasteiger partial charge in [0.1, 0.15) is 0 Å². The van der Waals surface area contributed by atoms with Crippen LogP contribution in [0.15, 0.2) is 18.5 Å². The fourth-order valence-electron chi connectivity index (χ4n) is 3.96. The first-order chi connectivity index (χ1) is 11.6. The van der Waals surface area contributed by atoms with Crippen molar-refractivity contribution in [3.63, 3.8) is 0 Å². The van der Waals surface area contributed by atoms with Crippen LogP contribution in [0.4, 0.5) is 0 Å². The highest BCUT2D eigenvalue weighted by molar-refractivity contribution is 5.97. The van der Waals surface area contributed by atoms with Gasteiger partial charge in [0, 0.05) is 43.3 Å². The van der Waals surface area contributed by atoms with E-state index in [1.165, 1.54) is 25.8 Å². The van der Waals surface area contributed by atoms with Crippen LogP contribution in [-0.4, -0.2) is 62.7 Å². The van der Waals surface area contributed by atoms with Gasteiger partial charge in [-0.25, -0.2) is 9.67 Å². The molecule has 2 saturated heterocycles. The van der Waals surface area contributed by atoms with Crippen molar-refractivity contribution in [2.24, 2.45) is 0 Å². The van der Waals surface area contributed by atoms with Crippen LogP contribution in [0.5, 0.6) is 0 Å². The second-order valence-corrected chi connectivity index (χ2v) is 7.26. The lowest BCUT2D eigenvalue weighted by molar-refractivity contribution is 0.0372. The largest absolute Gasteiger partial charge is 0.336 e. The molecule has 0 bridgehead atoms. The van der Waals surface area contributed by atoms with Crippen LogP contribution in [0.25, 0.3) is 11.0 Å². The number of hydrogen-bond acceptors (Lipinski definition) is 4. The standard InChI is InChI=1S/C18H25N5O/c1-13(2)23-17-14(11-20-23)9-15(10-19-17)18(24)22-8-7-21-6-4-3-5-16(21)12-22/h9-11,13,16H,3-8,12H2,1-2H3/t16-/m1/s1. The van der Waals surface area contributed by atoms with E-state index in [-0.39, 0.29) is 11.9 Å². The van der Waals surface area contributed by atoms with E-state index in [2.05, 4.69) is 28.8 Å². The predicted octanol–water partition coefficient (Wildman–Crippen LogP) is 2.32. The van der Waals surface area contributed by atoms with Crippen molar-refractivity contribution in [1.82, 2.24) is 24.6 Å². The summed E-state index contributed by atoms with van der Waals surface area (Å²) in [6.45, 7) is 8.01. The van der Waals surface area contributed by atoms with Crippen molar-refractivity contribution in [2.45, 2.75) is 45.2 Å². The molecule has 4 rings (SSSR count). The van der Waals surface area contributed by atoms with Crippen LogP contribution < -0.4 is 0 Å². The lowest BCUT2D eigenvalue weighted by Crippen LogP contribution is -2.56. The summed E-state index contributed by atoms with van der Waals surface area (Å²) < 4.78 is 1.89. The van der Waals surface area contributed by atoms with Gasteiger partial charge >= 0.3 is 0 Å². The molecule has 24 heavy (non-hydrogen) atoms. The summed E-state index contributed by atoms with van der Waals surface area (Å²) in [6.07, 6.45) is 7.30. The minimum Gasteiger partial charge on any atom is -0.336 e. The van der Waals surface area contributed by atoms with Gasteiger partial charge in [-0.15, -0.1) is 0 Å². The predicted molar refractivity (Wildman–Crippen MR) is 93.0 cm³/mol. The van der Waals surface area contributed by atoms with E-state index in [0.29, 0.717) is 11.6 Å². The SMILES string of the molecule is CC(C)n1ncc2cc(C(=O)N3CCN4CCCC[C@@H]4C3)cnc21. The molecule has 0 unspecified atom stereocenters. The maximum Gasteiger partial charge on any atom is 0.255 e. The monoisotopic (exact) mass is 327 g/mol. The number of carbonyl (C=O) groups is 1. The highest BCUT2D eigenvalue weighted by Crippen LogP contribution is 2.23. The molecule has 2 aliphatic rings. The maximum atomic E-state index is 12.9. The van der Waals surface area contributed by atoms with Gasteiger partial charge in [-0.1, -0.05) is 6.42 Å². The van der Waals surface area contributed by atoms with Crippen molar-refractivity contribution < 1.29 is 4.79 Å². The molecule has 2 fully saturated rings. The molecule has 0 N–H and O–H groups in total. The smallest absolute Gasteiger partial charge is 0.255 e. The first kappa shape index (κ1) is 15.6. The molecule has 1 amide bonds. The zero-order valence-corrected chi connectivity index (χ0v) is 14.5. The molecule has 128 valence electrons. The average molecular weight is 327 g/mol. The Morgan fingerprint density at radius 2 is 2.08 bits per heavy atom. The van der Waals surface area contributed by atoms with Crippen LogP contribution in [0.3, 0.4) is 0 Å². The third-order valence-electron chi connectivity index (χ3n) is 5.29.